The molecule has 2 aromatic rings. The first-order valence-electron chi connectivity index (χ1n) is 10.2. The van der Waals surface area contributed by atoms with Crippen LogP contribution < -0.4 is 5.32 Å². The Morgan fingerprint density at radius 1 is 1.21 bits per heavy atom. The molecule has 3 amide bonds. The SMILES string of the molecule is Cc1noc(C)c1CN(C)CN1C(=O)NC2(CCC(c3ccccc3)CC2)C1=O. The zero-order valence-electron chi connectivity index (χ0n) is 17.3. The maximum absolute atomic E-state index is 13.2. The highest BCUT2D eigenvalue weighted by Gasteiger charge is 2.52. The van der Waals surface area contributed by atoms with Crippen LogP contribution in [0, 0.1) is 13.8 Å². The molecule has 1 aromatic carbocycles. The predicted octanol–water partition coefficient (Wildman–Crippen LogP) is 3.33. The second-order valence-corrected chi connectivity index (χ2v) is 8.39. The number of rotatable bonds is 5. The monoisotopic (exact) mass is 396 g/mol. The number of aryl methyl sites for hydroxylation is 2. The van der Waals surface area contributed by atoms with Gasteiger partial charge < -0.3 is 9.84 Å². The lowest BCUT2D eigenvalue weighted by Crippen LogP contribution is -2.49. The lowest BCUT2D eigenvalue weighted by atomic mass is 9.74. The zero-order valence-corrected chi connectivity index (χ0v) is 17.3. The molecule has 1 spiro atoms. The van der Waals surface area contributed by atoms with E-state index in [1.165, 1.54) is 10.5 Å². The molecule has 2 aliphatic rings. The molecule has 0 radical (unpaired) electrons. The first-order valence-corrected chi connectivity index (χ1v) is 10.2. The number of nitrogens with one attached hydrogen (secondary N) is 1. The second kappa shape index (κ2) is 7.63. The number of carbonyl (C=O) groups excluding carboxylic acids is 2. The minimum Gasteiger partial charge on any atom is -0.361 e. The van der Waals surface area contributed by atoms with E-state index in [-0.39, 0.29) is 18.6 Å². The van der Waals surface area contributed by atoms with Crippen LogP contribution in [0.1, 0.15) is 54.2 Å². The number of aromatic nitrogens is 1. The Morgan fingerprint density at radius 3 is 2.52 bits per heavy atom. The van der Waals surface area contributed by atoms with Gasteiger partial charge >= 0.3 is 6.03 Å². The quantitative estimate of drug-likeness (QED) is 0.785. The van der Waals surface area contributed by atoms with Crippen LogP contribution in [-0.4, -0.2) is 46.2 Å². The molecule has 154 valence electrons. The van der Waals surface area contributed by atoms with Crippen molar-refractivity contribution in [2.75, 3.05) is 13.7 Å². The third-order valence-electron chi connectivity index (χ3n) is 6.35. The minimum absolute atomic E-state index is 0.0976. The van der Waals surface area contributed by atoms with Crippen LogP contribution in [0.15, 0.2) is 34.9 Å². The molecule has 1 aliphatic carbocycles. The van der Waals surface area contributed by atoms with Gasteiger partial charge in [-0.05, 0) is 58.1 Å². The van der Waals surface area contributed by atoms with E-state index in [1.807, 2.05) is 31.9 Å². The molecule has 7 nitrogen and oxygen atoms in total. The molecule has 29 heavy (non-hydrogen) atoms. The summed E-state index contributed by atoms with van der Waals surface area (Å²) < 4.78 is 5.21. The molecule has 0 bridgehead atoms. The fraction of sp³-hybridized carbons (Fsp3) is 0.500. The van der Waals surface area contributed by atoms with Crippen molar-refractivity contribution in [3.05, 3.63) is 52.9 Å². The third kappa shape index (κ3) is 3.67. The summed E-state index contributed by atoms with van der Waals surface area (Å²) in [6.07, 6.45) is 3.17. The summed E-state index contributed by atoms with van der Waals surface area (Å²) in [7, 11) is 1.89. The number of carbonyl (C=O) groups is 2. The Morgan fingerprint density at radius 2 is 1.90 bits per heavy atom. The van der Waals surface area contributed by atoms with Crippen LogP contribution in [-0.2, 0) is 11.3 Å². The Bertz CT molecular complexity index is 881. The van der Waals surface area contributed by atoms with E-state index in [2.05, 4.69) is 34.7 Å². The molecule has 1 aromatic heterocycles. The van der Waals surface area contributed by atoms with Gasteiger partial charge in [-0.1, -0.05) is 35.5 Å². The summed E-state index contributed by atoms with van der Waals surface area (Å²) >= 11 is 0. The van der Waals surface area contributed by atoms with Crippen LogP contribution in [0.25, 0.3) is 0 Å². The van der Waals surface area contributed by atoms with Gasteiger partial charge in [0.25, 0.3) is 5.91 Å². The Kier molecular flexibility index (Phi) is 5.17. The van der Waals surface area contributed by atoms with Gasteiger partial charge in [0.15, 0.2) is 0 Å². The highest BCUT2D eigenvalue weighted by atomic mass is 16.5. The van der Waals surface area contributed by atoms with E-state index in [0.717, 1.165) is 29.9 Å². The molecule has 4 rings (SSSR count). The number of urea groups is 1. The minimum atomic E-state index is -0.744. The molecule has 2 heterocycles. The normalized spacial score (nSPS) is 24.6. The van der Waals surface area contributed by atoms with Crippen LogP contribution in [0.3, 0.4) is 0 Å². The number of nitrogens with zero attached hydrogens (tertiary/aromatic N) is 3. The van der Waals surface area contributed by atoms with E-state index in [1.54, 1.807) is 0 Å². The molecule has 1 saturated carbocycles. The van der Waals surface area contributed by atoms with Gasteiger partial charge in [-0.15, -0.1) is 0 Å². The molecular weight excluding hydrogens is 368 g/mol. The van der Waals surface area contributed by atoms with Crippen molar-refractivity contribution in [2.45, 2.75) is 57.5 Å². The summed E-state index contributed by atoms with van der Waals surface area (Å²) in [5.41, 5.74) is 2.40. The number of hydrogen-bond donors (Lipinski definition) is 1. The average molecular weight is 396 g/mol. The lowest BCUT2D eigenvalue weighted by Gasteiger charge is -2.35. The molecule has 1 N–H and O–H groups in total. The zero-order chi connectivity index (χ0) is 20.6. The molecule has 0 unspecified atom stereocenters. The molecule has 1 aliphatic heterocycles. The van der Waals surface area contributed by atoms with Gasteiger partial charge in [-0.25, -0.2) is 9.69 Å². The molecule has 0 atom stereocenters. The van der Waals surface area contributed by atoms with Crippen LogP contribution in [0.5, 0.6) is 0 Å². The first-order chi connectivity index (χ1) is 13.9. The fourth-order valence-electron chi connectivity index (χ4n) is 4.60. The van der Waals surface area contributed by atoms with Gasteiger partial charge in [0.2, 0.25) is 0 Å². The van der Waals surface area contributed by atoms with Crippen molar-refractivity contribution in [1.29, 1.82) is 0 Å². The van der Waals surface area contributed by atoms with Gasteiger partial charge in [0.05, 0.1) is 12.4 Å². The summed E-state index contributed by atoms with van der Waals surface area (Å²) in [6.45, 7) is 4.59. The Hall–Kier alpha value is -2.67. The summed E-state index contributed by atoms with van der Waals surface area (Å²) in [6, 6.07) is 10.1. The second-order valence-electron chi connectivity index (χ2n) is 8.39. The van der Waals surface area contributed by atoms with Gasteiger partial charge in [0.1, 0.15) is 11.3 Å². The van der Waals surface area contributed by atoms with Crippen molar-refractivity contribution >= 4 is 11.9 Å². The van der Waals surface area contributed by atoms with Crippen molar-refractivity contribution in [1.82, 2.24) is 20.3 Å². The predicted molar refractivity (Wildman–Crippen MR) is 108 cm³/mol. The topological polar surface area (TPSA) is 78.7 Å². The Labute approximate surface area is 171 Å². The van der Waals surface area contributed by atoms with E-state index in [0.29, 0.717) is 25.3 Å². The van der Waals surface area contributed by atoms with Crippen LogP contribution >= 0.6 is 0 Å². The molecule has 1 saturated heterocycles. The highest BCUT2D eigenvalue weighted by Crippen LogP contribution is 2.40. The number of amides is 3. The maximum Gasteiger partial charge on any atom is 0.326 e. The first kappa shape index (κ1) is 19.6. The summed E-state index contributed by atoms with van der Waals surface area (Å²) in [4.78, 5) is 29.1. The van der Waals surface area contributed by atoms with Crippen molar-refractivity contribution < 1.29 is 14.1 Å². The van der Waals surface area contributed by atoms with E-state index in [9.17, 15) is 9.59 Å². The number of benzene rings is 1. The largest absolute Gasteiger partial charge is 0.361 e. The van der Waals surface area contributed by atoms with Gasteiger partial charge in [-0.3, -0.25) is 9.69 Å². The van der Waals surface area contributed by atoms with Gasteiger partial charge in [-0.2, -0.15) is 0 Å². The average Bonchev–Trinajstić information content (AvgIpc) is 3.15. The highest BCUT2D eigenvalue weighted by molar-refractivity contribution is 6.07. The standard InChI is InChI=1S/C22H28N4O3/c1-15-19(16(2)29-24-15)13-25(3)14-26-20(27)22(23-21(26)28)11-9-18(10-12-22)17-7-5-4-6-8-17/h4-8,18H,9-14H2,1-3H3,(H,23,28). The van der Waals surface area contributed by atoms with Crippen molar-refractivity contribution in [3.8, 4) is 0 Å². The van der Waals surface area contributed by atoms with Crippen molar-refractivity contribution in [2.24, 2.45) is 0 Å². The smallest absolute Gasteiger partial charge is 0.326 e. The molecule has 7 heteroatoms. The molecular formula is C22H28N4O3. The lowest BCUT2D eigenvalue weighted by molar-refractivity contribution is -0.133. The summed E-state index contributed by atoms with van der Waals surface area (Å²) in [5, 5.41) is 6.98. The Balaban J connectivity index is 1.40. The molecule has 2 fully saturated rings. The number of imide groups is 1. The fourth-order valence-corrected chi connectivity index (χ4v) is 4.60. The summed E-state index contributed by atoms with van der Waals surface area (Å²) in [5.74, 6) is 1.12. The third-order valence-corrected chi connectivity index (χ3v) is 6.35. The number of hydrogen-bond acceptors (Lipinski definition) is 5. The van der Waals surface area contributed by atoms with Crippen LogP contribution in [0.2, 0.25) is 0 Å². The van der Waals surface area contributed by atoms with Crippen LogP contribution in [0.4, 0.5) is 4.79 Å². The van der Waals surface area contributed by atoms with E-state index >= 15 is 0 Å². The maximum atomic E-state index is 13.2. The van der Waals surface area contributed by atoms with Crippen molar-refractivity contribution in [3.63, 3.8) is 0 Å². The van der Waals surface area contributed by atoms with E-state index in [4.69, 9.17) is 4.52 Å². The van der Waals surface area contributed by atoms with E-state index < -0.39 is 5.54 Å². The van der Waals surface area contributed by atoms with Gasteiger partial charge in [0, 0.05) is 12.1 Å².